The fourth-order valence-electron chi connectivity index (χ4n) is 2.20. The highest BCUT2D eigenvalue weighted by Crippen LogP contribution is 2.47. The molecule has 0 radical (unpaired) electrons. The summed E-state index contributed by atoms with van der Waals surface area (Å²) in [7, 11) is 0. The van der Waals surface area contributed by atoms with Gasteiger partial charge in [0.15, 0.2) is 0 Å². The lowest BCUT2D eigenvalue weighted by molar-refractivity contribution is -0.120. The SMILES string of the molecule is CC(C)=CC1(CCC(=O)C[C@H](C)CO)SCCCS1. The highest BCUT2D eigenvalue weighted by molar-refractivity contribution is 8.19. The number of aliphatic hydroxyl groups excluding tert-OH is 1. The molecule has 1 N–H and O–H groups in total. The van der Waals surface area contributed by atoms with Gasteiger partial charge >= 0.3 is 0 Å². The van der Waals surface area contributed by atoms with E-state index in [0.717, 1.165) is 6.42 Å². The van der Waals surface area contributed by atoms with Gasteiger partial charge in [-0.25, -0.2) is 0 Å². The number of aliphatic hydroxyl groups is 1. The van der Waals surface area contributed by atoms with Crippen LogP contribution >= 0.6 is 23.5 Å². The first kappa shape index (κ1) is 17.1. The van der Waals surface area contributed by atoms with Crippen LogP contribution in [0.25, 0.3) is 0 Å². The Hall–Kier alpha value is 0.0700. The van der Waals surface area contributed by atoms with Gasteiger partial charge in [0, 0.05) is 19.4 Å². The molecule has 0 saturated carbocycles. The summed E-state index contributed by atoms with van der Waals surface area (Å²) in [6.07, 6.45) is 5.67. The number of carbonyl (C=O) groups excluding carboxylic acids is 1. The number of allylic oxidation sites excluding steroid dienone is 1. The van der Waals surface area contributed by atoms with Crippen LogP contribution in [0, 0.1) is 5.92 Å². The Morgan fingerprint density at radius 1 is 1.37 bits per heavy atom. The number of Topliss-reactive ketones (excluding diaryl/α,β-unsaturated/α-hetero) is 1. The van der Waals surface area contributed by atoms with Crippen molar-refractivity contribution < 1.29 is 9.90 Å². The molecule has 1 atom stereocenters. The minimum atomic E-state index is 0.0959. The maximum Gasteiger partial charge on any atom is 0.133 e. The molecular weight excluding hydrogens is 276 g/mol. The van der Waals surface area contributed by atoms with Crippen LogP contribution in [0.15, 0.2) is 11.6 Å². The largest absolute Gasteiger partial charge is 0.396 e. The molecule has 110 valence electrons. The van der Waals surface area contributed by atoms with Crippen LogP contribution in [0.2, 0.25) is 0 Å². The number of thioether (sulfide) groups is 2. The summed E-state index contributed by atoms with van der Waals surface area (Å²) < 4.78 is 0.106. The van der Waals surface area contributed by atoms with Crippen LogP contribution in [-0.2, 0) is 4.79 Å². The molecule has 0 bridgehead atoms. The summed E-state index contributed by atoms with van der Waals surface area (Å²) in [6, 6.07) is 0. The summed E-state index contributed by atoms with van der Waals surface area (Å²) >= 11 is 3.98. The molecule has 1 rings (SSSR count). The van der Waals surface area contributed by atoms with Crippen LogP contribution in [0.3, 0.4) is 0 Å². The molecule has 0 aromatic rings. The summed E-state index contributed by atoms with van der Waals surface area (Å²) in [6.45, 7) is 6.29. The van der Waals surface area contributed by atoms with Gasteiger partial charge in [0.2, 0.25) is 0 Å². The molecule has 0 aromatic carbocycles. The summed E-state index contributed by atoms with van der Waals surface area (Å²) in [5.41, 5.74) is 1.33. The van der Waals surface area contributed by atoms with Crippen molar-refractivity contribution in [2.75, 3.05) is 18.1 Å². The molecule has 0 unspecified atom stereocenters. The van der Waals surface area contributed by atoms with Crippen molar-refractivity contribution >= 4 is 29.3 Å². The van der Waals surface area contributed by atoms with Gasteiger partial charge in [0.05, 0.1) is 4.08 Å². The Bertz CT molecular complexity index is 316. The molecule has 0 spiro atoms. The second-order valence-corrected chi connectivity index (χ2v) is 8.72. The van der Waals surface area contributed by atoms with E-state index in [4.69, 9.17) is 5.11 Å². The van der Waals surface area contributed by atoms with E-state index < -0.39 is 0 Å². The normalized spacial score (nSPS) is 19.8. The van der Waals surface area contributed by atoms with Crippen molar-refractivity contribution in [2.45, 2.75) is 50.5 Å². The molecule has 1 aliphatic rings. The second-order valence-electron chi connectivity index (χ2n) is 5.61. The fraction of sp³-hybridized carbons (Fsp3) is 0.800. The lowest BCUT2D eigenvalue weighted by atomic mass is 10.0. The molecule has 1 heterocycles. The molecule has 1 aliphatic heterocycles. The van der Waals surface area contributed by atoms with Crippen molar-refractivity contribution in [1.82, 2.24) is 0 Å². The zero-order valence-corrected chi connectivity index (χ0v) is 13.9. The highest BCUT2D eigenvalue weighted by Gasteiger charge is 2.31. The van der Waals surface area contributed by atoms with E-state index in [-0.39, 0.29) is 22.4 Å². The molecule has 1 fully saturated rings. The van der Waals surface area contributed by atoms with Crippen LogP contribution < -0.4 is 0 Å². The molecule has 0 aromatic heterocycles. The van der Waals surface area contributed by atoms with E-state index in [0.29, 0.717) is 12.8 Å². The van der Waals surface area contributed by atoms with Gasteiger partial charge in [-0.3, -0.25) is 4.79 Å². The van der Waals surface area contributed by atoms with Gasteiger partial charge in [0.25, 0.3) is 0 Å². The summed E-state index contributed by atoms with van der Waals surface area (Å²) in [5, 5.41) is 9.00. The third-order valence-corrected chi connectivity index (χ3v) is 6.44. The lowest BCUT2D eigenvalue weighted by Crippen LogP contribution is -2.24. The van der Waals surface area contributed by atoms with E-state index in [1.165, 1.54) is 23.5 Å². The standard InChI is InChI=1S/C15H26O2S2/c1-12(2)10-15(18-7-4-8-19-15)6-5-14(17)9-13(3)11-16/h10,13,16H,4-9,11H2,1-3H3/t13-/m0/s1. The number of rotatable bonds is 7. The Morgan fingerprint density at radius 2 is 2.00 bits per heavy atom. The van der Waals surface area contributed by atoms with E-state index >= 15 is 0 Å². The first-order valence-electron chi connectivity index (χ1n) is 7.04. The minimum absolute atomic E-state index is 0.0959. The third-order valence-electron chi connectivity index (χ3n) is 3.13. The van der Waals surface area contributed by atoms with Gasteiger partial charge in [0.1, 0.15) is 5.78 Å². The Kier molecular flexibility index (Phi) is 7.55. The van der Waals surface area contributed by atoms with Crippen molar-refractivity contribution in [3.05, 3.63) is 11.6 Å². The predicted octanol–water partition coefficient (Wildman–Crippen LogP) is 3.89. The smallest absolute Gasteiger partial charge is 0.133 e. The Labute approximate surface area is 125 Å². The zero-order valence-electron chi connectivity index (χ0n) is 12.3. The van der Waals surface area contributed by atoms with Crippen molar-refractivity contribution in [2.24, 2.45) is 5.92 Å². The predicted molar refractivity (Wildman–Crippen MR) is 86.8 cm³/mol. The number of ketones is 1. The number of hydrogen-bond donors (Lipinski definition) is 1. The van der Waals surface area contributed by atoms with Gasteiger partial charge in [-0.1, -0.05) is 18.6 Å². The number of hydrogen-bond acceptors (Lipinski definition) is 4. The first-order chi connectivity index (χ1) is 8.97. The number of carbonyl (C=O) groups is 1. The van der Waals surface area contributed by atoms with Gasteiger partial charge < -0.3 is 5.11 Å². The van der Waals surface area contributed by atoms with Gasteiger partial charge in [-0.2, -0.15) is 0 Å². The monoisotopic (exact) mass is 302 g/mol. The minimum Gasteiger partial charge on any atom is -0.396 e. The second kappa shape index (κ2) is 8.38. The molecular formula is C15H26O2S2. The van der Waals surface area contributed by atoms with Crippen molar-refractivity contribution in [1.29, 1.82) is 0 Å². The third kappa shape index (κ3) is 6.37. The molecule has 4 heteroatoms. The average molecular weight is 303 g/mol. The van der Waals surface area contributed by atoms with E-state index in [9.17, 15) is 4.79 Å². The maximum absolute atomic E-state index is 11.9. The van der Waals surface area contributed by atoms with Crippen LogP contribution in [0.4, 0.5) is 0 Å². The molecule has 19 heavy (non-hydrogen) atoms. The quantitative estimate of drug-likeness (QED) is 0.724. The van der Waals surface area contributed by atoms with E-state index in [2.05, 4.69) is 19.9 Å². The summed E-state index contributed by atoms with van der Waals surface area (Å²) in [4.78, 5) is 11.9. The van der Waals surface area contributed by atoms with Gasteiger partial charge in [-0.05, 0) is 44.1 Å². The van der Waals surface area contributed by atoms with E-state index in [1.54, 1.807) is 0 Å². The maximum atomic E-state index is 11.9. The highest BCUT2D eigenvalue weighted by atomic mass is 32.2. The fourth-order valence-corrected chi connectivity index (χ4v) is 5.61. The molecule has 1 saturated heterocycles. The summed E-state index contributed by atoms with van der Waals surface area (Å²) in [5.74, 6) is 2.77. The molecule has 2 nitrogen and oxygen atoms in total. The van der Waals surface area contributed by atoms with Gasteiger partial charge in [-0.15, -0.1) is 23.5 Å². The Morgan fingerprint density at radius 3 is 2.53 bits per heavy atom. The van der Waals surface area contributed by atoms with Crippen LogP contribution in [0.1, 0.15) is 46.5 Å². The van der Waals surface area contributed by atoms with Crippen LogP contribution in [0.5, 0.6) is 0 Å². The molecule has 0 amide bonds. The van der Waals surface area contributed by atoms with Crippen molar-refractivity contribution in [3.63, 3.8) is 0 Å². The first-order valence-corrected chi connectivity index (χ1v) is 9.01. The van der Waals surface area contributed by atoms with E-state index in [1.807, 2.05) is 30.4 Å². The molecule has 0 aliphatic carbocycles. The lowest BCUT2D eigenvalue weighted by Gasteiger charge is -2.34. The topological polar surface area (TPSA) is 37.3 Å². The zero-order chi connectivity index (χ0) is 14.3. The Balaban J connectivity index is 2.54. The average Bonchev–Trinajstić information content (AvgIpc) is 2.36. The van der Waals surface area contributed by atoms with Crippen LogP contribution in [-0.4, -0.2) is 33.1 Å². The van der Waals surface area contributed by atoms with Crippen molar-refractivity contribution in [3.8, 4) is 0 Å².